The van der Waals surface area contributed by atoms with Gasteiger partial charge < -0.3 is 14.4 Å². The molecule has 0 saturated carbocycles. The van der Waals surface area contributed by atoms with Crippen LogP contribution >= 0.6 is 0 Å². The van der Waals surface area contributed by atoms with E-state index in [1.54, 1.807) is 25.2 Å². The number of amides is 1. The third kappa shape index (κ3) is 4.88. The maximum atomic E-state index is 12.9. The molecule has 0 saturated heterocycles. The number of rotatable bonds is 8. The summed E-state index contributed by atoms with van der Waals surface area (Å²) in [7, 11) is 3.24. The maximum Gasteiger partial charge on any atom is 0.272 e. The third-order valence-corrected chi connectivity index (χ3v) is 3.79. The lowest BCUT2D eigenvalue weighted by Gasteiger charge is -2.23. The van der Waals surface area contributed by atoms with E-state index in [9.17, 15) is 4.79 Å². The highest BCUT2D eigenvalue weighted by Gasteiger charge is 2.18. The summed E-state index contributed by atoms with van der Waals surface area (Å²) < 4.78 is 10.2. The monoisotopic (exact) mass is 328 g/mol. The fraction of sp³-hybridized carbons (Fsp3) is 0.368. The molecule has 128 valence electrons. The predicted molar refractivity (Wildman–Crippen MR) is 92.7 cm³/mol. The van der Waals surface area contributed by atoms with Crippen LogP contribution in [0.5, 0.6) is 0 Å². The lowest BCUT2D eigenvalue weighted by atomic mass is 10.1. The summed E-state index contributed by atoms with van der Waals surface area (Å²) >= 11 is 0. The molecule has 24 heavy (non-hydrogen) atoms. The van der Waals surface area contributed by atoms with Crippen molar-refractivity contribution in [2.45, 2.75) is 20.1 Å². The number of nitrogens with zero attached hydrogens (tertiary/aromatic N) is 2. The Labute approximate surface area is 143 Å². The summed E-state index contributed by atoms with van der Waals surface area (Å²) in [5, 5.41) is 0. The molecule has 0 aliphatic carbocycles. The second kappa shape index (κ2) is 9.15. The van der Waals surface area contributed by atoms with Gasteiger partial charge >= 0.3 is 0 Å². The average Bonchev–Trinajstić information content (AvgIpc) is 2.60. The minimum atomic E-state index is -0.103. The van der Waals surface area contributed by atoms with Crippen molar-refractivity contribution in [3.63, 3.8) is 0 Å². The minimum absolute atomic E-state index is 0.103. The summed E-state index contributed by atoms with van der Waals surface area (Å²) in [4.78, 5) is 19.1. The number of carbonyl (C=O) groups is 1. The van der Waals surface area contributed by atoms with E-state index in [4.69, 9.17) is 9.47 Å². The number of carbonyl (C=O) groups excluding carboxylic acids is 1. The van der Waals surface area contributed by atoms with Gasteiger partial charge in [-0.3, -0.25) is 4.79 Å². The Hall–Kier alpha value is -2.24. The van der Waals surface area contributed by atoms with Crippen molar-refractivity contribution in [1.82, 2.24) is 9.88 Å². The van der Waals surface area contributed by atoms with E-state index in [0.717, 1.165) is 16.8 Å². The molecule has 0 fully saturated rings. The van der Waals surface area contributed by atoms with Crippen molar-refractivity contribution in [3.05, 3.63) is 65.0 Å². The smallest absolute Gasteiger partial charge is 0.272 e. The SMILES string of the molecule is COCCN(Cc1ccccc1C)C(=O)c1cccc(COC)n1. The molecule has 1 aromatic carbocycles. The zero-order chi connectivity index (χ0) is 17.4. The van der Waals surface area contributed by atoms with Crippen LogP contribution in [0.4, 0.5) is 0 Å². The standard InChI is InChI=1S/C19H24N2O3/c1-15-7-4-5-8-16(15)13-21(11-12-23-2)19(22)18-10-6-9-17(20-18)14-24-3/h4-10H,11-14H2,1-3H3. The van der Waals surface area contributed by atoms with Gasteiger partial charge in [-0.2, -0.15) is 0 Å². The van der Waals surface area contributed by atoms with Crippen LogP contribution in [0, 0.1) is 6.92 Å². The van der Waals surface area contributed by atoms with Crippen molar-refractivity contribution in [3.8, 4) is 0 Å². The first-order valence-electron chi connectivity index (χ1n) is 7.93. The minimum Gasteiger partial charge on any atom is -0.383 e. The molecule has 2 rings (SSSR count). The van der Waals surface area contributed by atoms with Gasteiger partial charge in [0.2, 0.25) is 0 Å². The molecule has 1 aromatic heterocycles. The van der Waals surface area contributed by atoms with Crippen LogP contribution in [0.15, 0.2) is 42.5 Å². The van der Waals surface area contributed by atoms with Crippen molar-refractivity contribution in [1.29, 1.82) is 0 Å². The Morgan fingerprint density at radius 1 is 1.08 bits per heavy atom. The van der Waals surface area contributed by atoms with E-state index in [2.05, 4.69) is 4.98 Å². The van der Waals surface area contributed by atoms with Crippen LogP contribution in [0.25, 0.3) is 0 Å². The summed E-state index contributed by atoms with van der Waals surface area (Å²) in [6.07, 6.45) is 0. The van der Waals surface area contributed by atoms with Crippen LogP contribution in [-0.4, -0.2) is 43.2 Å². The number of pyridine rings is 1. The number of hydrogen-bond acceptors (Lipinski definition) is 4. The van der Waals surface area contributed by atoms with Gasteiger partial charge in [-0.25, -0.2) is 4.98 Å². The summed E-state index contributed by atoms with van der Waals surface area (Å²) in [6.45, 7) is 3.96. The topological polar surface area (TPSA) is 51.7 Å². The Balaban J connectivity index is 2.21. The number of ether oxygens (including phenoxy) is 2. The molecule has 0 unspecified atom stereocenters. The second-order valence-corrected chi connectivity index (χ2v) is 5.59. The lowest BCUT2D eigenvalue weighted by Crippen LogP contribution is -2.34. The molecule has 0 spiro atoms. The Morgan fingerprint density at radius 3 is 2.58 bits per heavy atom. The highest BCUT2D eigenvalue weighted by atomic mass is 16.5. The Bertz CT molecular complexity index is 673. The zero-order valence-corrected chi connectivity index (χ0v) is 14.5. The Morgan fingerprint density at radius 2 is 1.88 bits per heavy atom. The number of benzene rings is 1. The predicted octanol–water partition coefficient (Wildman–Crippen LogP) is 2.83. The van der Waals surface area contributed by atoms with Gasteiger partial charge in [0, 0.05) is 27.3 Å². The van der Waals surface area contributed by atoms with Crippen LogP contribution in [-0.2, 0) is 22.6 Å². The molecule has 0 atom stereocenters. The third-order valence-electron chi connectivity index (χ3n) is 3.79. The molecule has 0 radical (unpaired) electrons. The molecule has 1 amide bonds. The average molecular weight is 328 g/mol. The van der Waals surface area contributed by atoms with Crippen molar-refractivity contribution < 1.29 is 14.3 Å². The van der Waals surface area contributed by atoms with Gasteiger partial charge in [0.05, 0.1) is 18.9 Å². The molecule has 0 N–H and O–H groups in total. The lowest BCUT2D eigenvalue weighted by molar-refractivity contribution is 0.0673. The molecule has 1 heterocycles. The molecule has 5 heteroatoms. The van der Waals surface area contributed by atoms with E-state index in [1.807, 2.05) is 43.3 Å². The highest BCUT2D eigenvalue weighted by molar-refractivity contribution is 5.92. The summed E-state index contributed by atoms with van der Waals surface area (Å²) in [5.74, 6) is -0.103. The molecule has 0 aliphatic heterocycles. The molecule has 2 aromatic rings. The van der Waals surface area contributed by atoms with Gasteiger partial charge in [-0.05, 0) is 30.2 Å². The van der Waals surface area contributed by atoms with E-state index in [0.29, 0.717) is 32.0 Å². The largest absolute Gasteiger partial charge is 0.383 e. The summed E-state index contributed by atoms with van der Waals surface area (Å²) in [5.41, 5.74) is 3.45. The first kappa shape index (κ1) is 18.1. The first-order chi connectivity index (χ1) is 11.7. The number of methoxy groups -OCH3 is 2. The quantitative estimate of drug-likeness (QED) is 0.748. The second-order valence-electron chi connectivity index (χ2n) is 5.59. The van der Waals surface area contributed by atoms with Crippen LogP contribution in [0.3, 0.4) is 0 Å². The van der Waals surface area contributed by atoms with Crippen LogP contribution in [0.1, 0.15) is 27.3 Å². The number of aromatic nitrogens is 1. The Kier molecular flexibility index (Phi) is 6.90. The van der Waals surface area contributed by atoms with Crippen molar-refractivity contribution in [2.75, 3.05) is 27.4 Å². The van der Waals surface area contributed by atoms with Crippen LogP contribution in [0.2, 0.25) is 0 Å². The molecular formula is C19H24N2O3. The molecule has 5 nitrogen and oxygen atoms in total. The number of hydrogen-bond donors (Lipinski definition) is 0. The highest BCUT2D eigenvalue weighted by Crippen LogP contribution is 2.13. The van der Waals surface area contributed by atoms with Crippen molar-refractivity contribution >= 4 is 5.91 Å². The van der Waals surface area contributed by atoms with E-state index in [-0.39, 0.29) is 5.91 Å². The molecule has 0 bridgehead atoms. The van der Waals surface area contributed by atoms with E-state index >= 15 is 0 Å². The molecule has 0 aliphatic rings. The van der Waals surface area contributed by atoms with Gasteiger partial charge in [0.25, 0.3) is 5.91 Å². The first-order valence-corrected chi connectivity index (χ1v) is 7.93. The fourth-order valence-corrected chi connectivity index (χ4v) is 2.44. The zero-order valence-electron chi connectivity index (χ0n) is 14.5. The van der Waals surface area contributed by atoms with Gasteiger partial charge in [-0.1, -0.05) is 30.3 Å². The fourth-order valence-electron chi connectivity index (χ4n) is 2.44. The number of aryl methyl sites for hydroxylation is 1. The van der Waals surface area contributed by atoms with Crippen LogP contribution < -0.4 is 0 Å². The van der Waals surface area contributed by atoms with Gasteiger partial charge in [0.15, 0.2) is 0 Å². The van der Waals surface area contributed by atoms with E-state index in [1.165, 1.54) is 0 Å². The summed E-state index contributed by atoms with van der Waals surface area (Å²) in [6, 6.07) is 13.5. The van der Waals surface area contributed by atoms with Gasteiger partial charge in [-0.15, -0.1) is 0 Å². The maximum absolute atomic E-state index is 12.9. The van der Waals surface area contributed by atoms with Gasteiger partial charge in [0.1, 0.15) is 5.69 Å². The van der Waals surface area contributed by atoms with Crippen molar-refractivity contribution in [2.24, 2.45) is 0 Å². The molecular weight excluding hydrogens is 304 g/mol. The normalized spacial score (nSPS) is 10.6. The van der Waals surface area contributed by atoms with E-state index < -0.39 is 0 Å².